The largest absolute Gasteiger partial charge is 0.507 e. The van der Waals surface area contributed by atoms with Crippen molar-refractivity contribution in [1.29, 1.82) is 0 Å². The van der Waals surface area contributed by atoms with Crippen LogP contribution in [0.15, 0.2) is 42.0 Å². The number of aliphatic hydroxyl groups excluding tert-OH is 1. The molecular weight excluding hydrogens is 452 g/mol. The van der Waals surface area contributed by atoms with Crippen molar-refractivity contribution in [2.45, 2.75) is 13.0 Å². The first-order chi connectivity index (χ1) is 16.9. The molecule has 2 aromatic rings. The van der Waals surface area contributed by atoms with E-state index in [1.54, 1.807) is 37.3 Å². The Hall–Kier alpha value is -3.56. The van der Waals surface area contributed by atoms with Gasteiger partial charge in [0.05, 0.1) is 44.6 Å². The predicted octanol–water partition coefficient (Wildman–Crippen LogP) is 2.47. The quantitative estimate of drug-likeness (QED) is 0.352. The van der Waals surface area contributed by atoms with Crippen molar-refractivity contribution in [2.24, 2.45) is 0 Å². The number of carbonyl (C=O) groups is 2. The Morgan fingerprint density at radius 2 is 1.83 bits per heavy atom. The van der Waals surface area contributed by atoms with Gasteiger partial charge in [-0.2, -0.15) is 0 Å². The van der Waals surface area contributed by atoms with E-state index in [0.717, 1.165) is 18.7 Å². The van der Waals surface area contributed by atoms with E-state index in [0.29, 0.717) is 36.8 Å². The fraction of sp³-hybridized carbons (Fsp3) is 0.385. The van der Waals surface area contributed by atoms with Gasteiger partial charge in [-0.05, 0) is 25.1 Å². The van der Waals surface area contributed by atoms with Crippen LogP contribution in [0.25, 0.3) is 5.76 Å². The Morgan fingerprint density at radius 1 is 1.09 bits per heavy atom. The first-order valence-corrected chi connectivity index (χ1v) is 11.5. The summed E-state index contributed by atoms with van der Waals surface area (Å²) in [5.41, 5.74) is 1.26. The number of para-hydroxylation sites is 1. The molecule has 0 spiro atoms. The molecule has 2 N–H and O–H groups in total. The lowest BCUT2D eigenvalue weighted by Gasteiger charge is -2.31. The monoisotopic (exact) mass is 482 g/mol. The highest BCUT2D eigenvalue weighted by molar-refractivity contribution is 6.46. The Kier molecular flexibility index (Phi) is 7.28. The number of nitrogens with zero attached hydrogens (tertiary/aromatic N) is 2. The first kappa shape index (κ1) is 24.6. The second-order valence-electron chi connectivity index (χ2n) is 8.55. The third-order valence-electron chi connectivity index (χ3n) is 6.44. The highest BCUT2D eigenvalue weighted by atomic mass is 16.5. The van der Waals surface area contributed by atoms with Crippen molar-refractivity contribution in [3.8, 4) is 17.2 Å². The molecule has 1 amide bonds. The van der Waals surface area contributed by atoms with E-state index < -0.39 is 23.5 Å². The number of phenols is 1. The van der Waals surface area contributed by atoms with Gasteiger partial charge in [-0.3, -0.25) is 14.5 Å². The molecule has 2 aliphatic heterocycles. The van der Waals surface area contributed by atoms with E-state index in [4.69, 9.17) is 14.2 Å². The van der Waals surface area contributed by atoms with Crippen molar-refractivity contribution < 1.29 is 34.0 Å². The van der Waals surface area contributed by atoms with Gasteiger partial charge in [0.1, 0.15) is 11.5 Å². The molecule has 0 unspecified atom stereocenters. The van der Waals surface area contributed by atoms with Crippen LogP contribution in [0.1, 0.15) is 22.7 Å². The number of hydrogen-bond acceptors (Lipinski definition) is 8. The summed E-state index contributed by atoms with van der Waals surface area (Å²) >= 11 is 0. The molecule has 0 aromatic heterocycles. The Morgan fingerprint density at radius 3 is 2.51 bits per heavy atom. The summed E-state index contributed by atoms with van der Waals surface area (Å²) in [4.78, 5) is 30.2. The summed E-state index contributed by atoms with van der Waals surface area (Å²) in [6, 6.07) is 8.98. The molecule has 0 aliphatic carbocycles. The van der Waals surface area contributed by atoms with Gasteiger partial charge in [0.25, 0.3) is 11.7 Å². The highest BCUT2D eigenvalue weighted by Crippen LogP contribution is 2.46. The molecule has 1 atom stereocenters. The summed E-state index contributed by atoms with van der Waals surface area (Å²) in [5, 5.41) is 21.7. The predicted molar refractivity (Wildman–Crippen MR) is 129 cm³/mol. The normalized spacial score (nSPS) is 20.3. The number of ether oxygens (including phenoxy) is 3. The number of phenolic OH excluding ortho intramolecular Hbond substituents is 1. The molecule has 35 heavy (non-hydrogen) atoms. The van der Waals surface area contributed by atoms with Crippen LogP contribution in [0, 0.1) is 6.92 Å². The van der Waals surface area contributed by atoms with Crippen molar-refractivity contribution in [3.05, 3.63) is 58.7 Å². The fourth-order valence-electron chi connectivity index (χ4n) is 4.62. The summed E-state index contributed by atoms with van der Waals surface area (Å²) in [7, 11) is 2.98. The highest BCUT2D eigenvalue weighted by Gasteiger charge is 2.47. The number of carbonyl (C=O) groups excluding carboxylic acids is 2. The number of benzene rings is 2. The molecule has 4 rings (SSSR count). The molecule has 2 fully saturated rings. The zero-order chi connectivity index (χ0) is 25.1. The Bertz CT molecular complexity index is 1150. The van der Waals surface area contributed by atoms with E-state index in [1.807, 2.05) is 0 Å². The molecule has 2 aromatic carbocycles. The number of Topliss-reactive ketones (excluding diaryl/α,β-unsaturated/α-hetero) is 1. The molecule has 9 nitrogen and oxygen atoms in total. The van der Waals surface area contributed by atoms with Crippen LogP contribution in [-0.2, 0) is 14.3 Å². The third-order valence-corrected chi connectivity index (χ3v) is 6.44. The number of aryl methyl sites for hydroxylation is 1. The third kappa shape index (κ3) is 4.69. The second kappa shape index (κ2) is 10.4. The number of amides is 1. The van der Waals surface area contributed by atoms with Crippen LogP contribution < -0.4 is 9.47 Å². The maximum absolute atomic E-state index is 13.3. The van der Waals surface area contributed by atoms with E-state index in [-0.39, 0.29) is 23.4 Å². The minimum Gasteiger partial charge on any atom is -0.507 e. The van der Waals surface area contributed by atoms with Crippen LogP contribution in [-0.4, -0.2) is 85.3 Å². The number of aliphatic hydroxyl groups is 1. The van der Waals surface area contributed by atoms with Gasteiger partial charge < -0.3 is 29.3 Å². The van der Waals surface area contributed by atoms with Gasteiger partial charge >= 0.3 is 0 Å². The van der Waals surface area contributed by atoms with Crippen molar-refractivity contribution >= 4 is 17.4 Å². The van der Waals surface area contributed by atoms with E-state index in [9.17, 15) is 19.8 Å². The number of morpholine rings is 1. The second-order valence-corrected chi connectivity index (χ2v) is 8.55. The lowest BCUT2D eigenvalue weighted by molar-refractivity contribution is -0.140. The SMILES string of the molecule is COc1cccc([C@@H]2C(=C(O)c3cc(C)ccc3O)C(=O)C(=O)N2CCN2CCOCC2)c1OC. The smallest absolute Gasteiger partial charge is 0.295 e. The van der Waals surface area contributed by atoms with Crippen LogP contribution >= 0.6 is 0 Å². The zero-order valence-electron chi connectivity index (χ0n) is 20.1. The fourth-order valence-corrected chi connectivity index (χ4v) is 4.62. The number of methoxy groups -OCH3 is 2. The lowest BCUT2D eigenvalue weighted by Crippen LogP contribution is -2.42. The average molecular weight is 483 g/mol. The van der Waals surface area contributed by atoms with Crippen LogP contribution in [0.5, 0.6) is 17.2 Å². The van der Waals surface area contributed by atoms with Gasteiger partial charge in [0, 0.05) is 31.7 Å². The van der Waals surface area contributed by atoms with Gasteiger partial charge in [-0.25, -0.2) is 0 Å². The average Bonchev–Trinajstić information content (AvgIpc) is 3.13. The van der Waals surface area contributed by atoms with Gasteiger partial charge in [0.15, 0.2) is 11.5 Å². The van der Waals surface area contributed by atoms with E-state index >= 15 is 0 Å². The summed E-state index contributed by atoms with van der Waals surface area (Å²) in [5.74, 6) is -1.38. The molecule has 0 saturated carbocycles. The van der Waals surface area contributed by atoms with Gasteiger partial charge in [0.2, 0.25) is 0 Å². The first-order valence-electron chi connectivity index (χ1n) is 11.5. The van der Waals surface area contributed by atoms with Crippen molar-refractivity contribution in [2.75, 3.05) is 53.6 Å². The topological polar surface area (TPSA) is 109 Å². The number of rotatable bonds is 7. The molecule has 9 heteroatoms. The number of aromatic hydroxyl groups is 1. The number of likely N-dealkylation sites (tertiary alicyclic amines) is 1. The van der Waals surface area contributed by atoms with Gasteiger partial charge in [-0.15, -0.1) is 0 Å². The number of ketones is 1. The summed E-state index contributed by atoms with van der Waals surface area (Å²) < 4.78 is 16.5. The van der Waals surface area contributed by atoms with Gasteiger partial charge in [-0.1, -0.05) is 23.8 Å². The van der Waals surface area contributed by atoms with Crippen molar-refractivity contribution in [3.63, 3.8) is 0 Å². The van der Waals surface area contributed by atoms with Crippen LogP contribution in [0.2, 0.25) is 0 Å². The van der Waals surface area contributed by atoms with Crippen LogP contribution in [0.4, 0.5) is 0 Å². The molecule has 186 valence electrons. The summed E-state index contributed by atoms with van der Waals surface area (Å²) in [6.07, 6.45) is 0. The Labute approximate surface area is 204 Å². The molecular formula is C26H30N2O7. The minimum absolute atomic E-state index is 0.0862. The van der Waals surface area contributed by atoms with E-state index in [2.05, 4.69) is 4.90 Å². The standard InChI is InChI=1S/C26H30N2O7/c1-16-7-8-19(29)18(15-16)23(30)21-22(17-5-4-6-20(33-2)25(17)34-3)28(26(32)24(21)31)10-9-27-11-13-35-14-12-27/h4-8,15,22,29-30H,9-14H2,1-3H3/t22-/m1/s1. The molecule has 2 heterocycles. The molecule has 2 aliphatic rings. The zero-order valence-corrected chi connectivity index (χ0v) is 20.1. The molecule has 0 bridgehead atoms. The van der Waals surface area contributed by atoms with Crippen molar-refractivity contribution in [1.82, 2.24) is 9.80 Å². The molecule has 2 saturated heterocycles. The molecule has 0 radical (unpaired) electrons. The van der Waals surface area contributed by atoms with E-state index in [1.165, 1.54) is 25.2 Å². The maximum atomic E-state index is 13.3. The lowest BCUT2D eigenvalue weighted by atomic mass is 9.93. The summed E-state index contributed by atoms with van der Waals surface area (Å²) in [6.45, 7) is 5.28. The number of hydrogen-bond donors (Lipinski definition) is 2. The minimum atomic E-state index is -0.930. The van der Waals surface area contributed by atoms with Crippen LogP contribution in [0.3, 0.4) is 0 Å². The Balaban J connectivity index is 1.85. The maximum Gasteiger partial charge on any atom is 0.295 e.